The molecule has 16 heavy (non-hydrogen) atoms. The van der Waals surface area contributed by atoms with E-state index in [1.807, 2.05) is 12.1 Å². The zero-order valence-electron chi connectivity index (χ0n) is 9.98. The van der Waals surface area contributed by atoms with Crippen molar-refractivity contribution in [1.29, 1.82) is 0 Å². The Morgan fingerprint density at radius 2 is 2.12 bits per heavy atom. The molecule has 0 bridgehead atoms. The van der Waals surface area contributed by atoms with Gasteiger partial charge < -0.3 is 10.4 Å². The van der Waals surface area contributed by atoms with Crippen LogP contribution in [0.25, 0.3) is 0 Å². The summed E-state index contributed by atoms with van der Waals surface area (Å²) in [6.45, 7) is 4.45. The summed E-state index contributed by atoms with van der Waals surface area (Å²) in [7, 11) is 0. The molecule has 88 valence electrons. The van der Waals surface area contributed by atoms with E-state index in [0.29, 0.717) is 5.92 Å². The first kappa shape index (κ1) is 11.6. The third-order valence-electron chi connectivity index (χ3n) is 3.56. The maximum absolute atomic E-state index is 9.52. The molecule has 1 aliphatic carbocycles. The van der Waals surface area contributed by atoms with Crippen molar-refractivity contribution < 1.29 is 5.11 Å². The third-order valence-corrected chi connectivity index (χ3v) is 3.56. The van der Waals surface area contributed by atoms with Gasteiger partial charge in [0, 0.05) is 24.0 Å². The second-order valence-electron chi connectivity index (χ2n) is 5.00. The first-order chi connectivity index (χ1) is 7.65. The normalized spacial score (nSPS) is 21.4. The Morgan fingerprint density at radius 3 is 2.62 bits per heavy atom. The van der Waals surface area contributed by atoms with Crippen molar-refractivity contribution in [3.05, 3.63) is 30.1 Å². The Morgan fingerprint density at radius 1 is 1.50 bits per heavy atom. The average Bonchev–Trinajstić information content (AvgIpc) is 3.14. The van der Waals surface area contributed by atoms with Crippen molar-refractivity contribution in [2.75, 3.05) is 6.61 Å². The lowest BCUT2D eigenvalue weighted by molar-refractivity contribution is 0.144. The van der Waals surface area contributed by atoms with Gasteiger partial charge in [0.1, 0.15) is 0 Å². The van der Waals surface area contributed by atoms with Gasteiger partial charge in [-0.25, -0.2) is 0 Å². The fraction of sp³-hybridized carbons (Fsp3) is 0.615. The van der Waals surface area contributed by atoms with E-state index in [2.05, 4.69) is 24.1 Å². The molecule has 1 aromatic heterocycles. The van der Waals surface area contributed by atoms with Crippen molar-refractivity contribution in [3.63, 3.8) is 0 Å². The van der Waals surface area contributed by atoms with E-state index in [9.17, 15) is 5.11 Å². The molecule has 0 saturated heterocycles. The molecule has 2 atom stereocenters. The van der Waals surface area contributed by atoms with Crippen molar-refractivity contribution in [3.8, 4) is 0 Å². The van der Waals surface area contributed by atoms with Gasteiger partial charge in [-0.15, -0.1) is 0 Å². The van der Waals surface area contributed by atoms with Crippen LogP contribution < -0.4 is 5.32 Å². The number of pyridine rings is 1. The summed E-state index contributed by atoms with van der Waals surface area (Å²) in [4.78, 5) is 4.01. The highest BCUT2D eigenvalue weighted by molar-refractivity contribution is 5.15. The molecule has 1 heterocycles. The van der Waals surface area contributed by atoms with Gasteiger partial charge in [0.05, 0.1) is 6.61 Å². The lowest BCUT2D eigenvalue weighted by atomic mass is 9.94. The highest BCUT2D eigenvalue weighted by atomic mass is 16.3. The summed E-state index contributed by atoms with van der Waals surface area (Å²) in [5.41, 5.74) is 1.08. The van der Waals surface area contributed by atoms with Crippen molar-refractivity contribution >= 4 is 0 Å². The van der Waals surface area contributed by atoms with Crippen LogP contribution in [0.2, 0.25) is 0 Å². The van der Waals surface area contributed by atoms with Gasteiger partial charge in [0.15, 0.2) is 0 Å². The van der Waals surface area contributed by atoms with E-state index in [1.165, 1.54) is 18.4 Å². The summed E-state index contributed by atoms with van der Waals surface area (Å²) in [6, 6.07) is 4.28. The molecule has 2 rings (SSSR count). The Balaban J connectivity index is 2.03. The number of nitrogens with zero attached hydrogens (tertiary/aromatic N) is 1. The molecule has 0 aliphatic heterocycles. The van der Waals surface area contributed by atoms with Crippen molar-refractivity contribution in [2.24, 2.45) is 5.92 Å². The molecular formula is C13H20N2O. The molecule has 0 amide bonds. The summed E-state index contributed by atoms with van der Waals surface area (Å²) >= 11 is 0. The molecule has 2 N–H and O–H groups in total. The second kappa shape index (κ2) is 4.52. The molecule has 0 aromatic carbocycles. The lowest BCUT2D eigenvalue weighted by Crippen LogP contribution is -2.48. The highest BCUT2D eigenvalue weighted by Crippen LogP contribution is 2.40. The molecule has 2 unspecified atom stereocenters. The van der Waals surface area contributed by atoms with Crippen LogP contribution in [-0.2, 0) is 0 Å². The number of hydrogen-bond donors (Lipinski definition) is 2. The van der Waals surface area contributed by atoms with Crippen LogP contribution in [0.5, 0.6) is 0 Å². The molecule has 0 radical (unpaired) electrons. The highest BCUT2D eigenvalue weighted by Gasteiger charge is 2.41. The summed E-state index contributed by atoms with van der Waals surface area (Å²) in [6.07, 6.45) is 6.07. The SMILES string of the molecule is CC(NC(C)(CO)C1CC1)c1ccncc1. The number of aromatic nitrogens is 1. The van der Waals surface area contributed by atoms with E-state index >= 15 is 0 Å². The fourth-order valence-corrected chi connectivity index (χ4v) is 2.24. The number of rotatable bonds is 5. The van der Waals surface area contributed by atoms with Crippen LogP contribution in [0.3, 0.4) is 0 Å². The monoisotopic (exact) mass is 220 g/mol. The zero-order chi connectivity index (χ0) is 11.6. The minimum Gasteiger partial charge on any atom is -0.394 e. The first-order valence-corrected chi connectivity index (χ1v) is 5.94. The number of nitrogens with one attached hydrogen (secondary N) is 1. The van der Waals surface area contributed by atoms with Gasteiger partial charge in [-0.2, -0.15) is 0 Å². The van der Waals surface area contributed by atoms with E-state index < -0.39 is 0 Å². The molecule has 1 aromatic rings. The predicted octanol–water partition coefficient (Wildman–Crippen LogP) is 1.89. The van der Waals surface area contributed by atoms with Gasteiger partial charge in [0.2, 0.25) is 0 Å². The molecule has 3 nitrogen and oxygen atoms in total. The van der Waals surface area contributed by atoms with Crippen molar-refractivity contribution in [1.82, 2.24) is 10.3 Å². The summed E-state index contributed by atoms with van der Waals surface area (Å²) < 4.78 is 0. The number of aliphatic hydroxyl groups is 1. The minimum atomic E-state index is -0.136. The van der Waals surface area contributed by atoms with Crippen molar-refractivity contribution in [2.45, 2.75) is 38.3 Å². The van der Waals surface area contributed by atoms with E-state index in [0.717, 1.165) is 0 Å². The lowest BCUT2D eigenvalue weighted by Gasteiger charge is -2.32. The number of hydrogen-bond acceptors (Lipinski definition) is 3. The Kier molecular flexibility index (Phi) is 3.26. The van der Waals surface area contributed by atoms with Crippen LogP contribution in [0.1, 0.15) is 38.3 Å². The second-order valence-corrected chi connectivity index (χ2v) is 5.00. The summed E-state index contributed by atoms with van der Waals surface area (Å²) in [5, 5.41) is 13.1. The zero-order valence-corrected chi connectivity index (χ0v) is 9.98. The Hall–Kier alpha value is -0.930. The van der Waals surface area contributed by atoms with E-state index in [1.54, 1.807) is 12.4 Å². The van der Waals surface area contributed by atoms with E-state index in [4.69, 9.17) is 0 Å². The van der Waals surface area contributed by atoms with Crippen LogP contribution in [0, 0.1) is 5.92 Å². The average molecular weight is 220 g/mol. The minimum absolute atomic E-state index is 0.136. The maximum Gasteiger partial charge on any atom is 0.0613 e. The third kappa shape index (κ3) is 2.42. The molecule has 1 fully saturated rings. The quantitative estimate of drug-likeness (QED) is 0.796. The molecule has 3 heteroatoms. The van der Waals surface area contributed by atoms with Gasteiger partial charge in [0.25, 0.3) is 0 Å². The van der Waals surface area contributed by atoms with E-state index in [-0.39, 0.29) is 18.2 Å². The largest absolute Gasteiger partial charge is 0.394 e. The van der Waals surface area contributed by atoms with Crippen LogP contribution in [-0.4, -0.2) is 22.2 Å². The maximum atomic E-state index is 9.52. The molecule has 1 aliphatic rings. The van der Waals surface area contributed by atoms with Gasteiger partial charge >= 0.3 is 0 Å². The molecular weight excluding hydrogens is 200 g/mol. The standard InChI is InChI=1S/C13H20N2O/c1-10(11-5-7-14-8-6-11)15-13(2,9-16)12-3-4-12/h5-8,10,12,15-16H,3-4,9H2,1-2H3. The van der Waals surface area contributed by atoms with Gasteiger partial charge in [-0.05, 0) is 50.3 Å². The van der Waals surface area contributed by atoms with Crippen LogP contribution in [0.4, 0.5) is 0 Å². The summed E-state index contributed by atoms with van der Waals surface area (Å²) in [5.74, 6) is 0.627. The Labute approximate surface area is 96.9 Å². The molecule has 1 saturated carbocycles. The van der Waals surface area contributed by atoms with Gasteiger partial charge in [-0.1, -0.05) is 0 Å². The Bertz CT molecular complexity index is 337. The van der Waals surface area contributed by atoms with Crippen LogP contribution in [0.15, 0.2) is 24.5 Å². The fourth-order valence-electron chi connectivity index (χ4n) is 2.24. The smallest absolute Gasteiger partial charge is 0.0613 e. The molecule has 0 spiro atoms. The van der Waals surface area contributed by atoms with Gasteiger partial charge in [-0.3, -0.25) is 4.98 Å². The number of aliphatic hydroxyl groups excluding tert-OH is 1. The first-order valence-electron chi connectivity index (χ1n) is 5.94. The topological polar surface area (TPSA) is 45.1 Å². The predicted molar refractivity (Wildman–Crippen MR) is 64.0 cm³/mol. The van der Waals surface area contributed by atoms with Crippen LogP contribution >= 0.6 is 0 Å².